The first-order chi connectivity index (χ1) is 36.7. The van der Waals surface area contributed by atoms with Crippen molar-refractivity contribution in [3.63, 3.8) is 0 Å². The maximum Gasteiger partial charge on any atom is 0.306 e. The van der Waals surface area contributed by atoms with Gasteiger partial charge < -0.3 is 45.1 Å². The van der Waals surface area contributed by atoms with E-state index in [4.69, 9.17) is 14.2 Å². The summed E-state index contributed by atoms with van der Waals surface area (Å²) in [7, 11) is 0. The van der Waals surface area contributed by atoms with E-state index in [0.717, 1.165) is 96.3 Å². The maximum atomic E-state index is 13.4. The number of ether oxygens (including phenoxy) is 3. The number of nitrogens with one attached hydrogen (secondary N) is 1. The van der Waals surface area contributed by atoms with Gasteiger partial charge in [0.2, 0.25) is 5.91 Å². The lowest BCUT2D eigenvalue weighted by atomic mass is 9.99. The summed E-state index contributed by atoms with van der Waals surface area (Å²) in [5.41, 5.74) is 0. The minimum atomic E-state index is -1.62. The number of rotatable bonds is 50. The summed E-state index contributed by atoms with van der Waals surface area (Å²) in [6, 6.07) is -1.05. The molecule has 0 radical (unpaired) electrons. The minimum Gasteiger partial charge on any atom is -0.454 e. The summed E-state index contributed by atoms with van der Waals surface area (Å²) in [6.07, 6.45) is 56.2. The highest BCUT2D eigenvalue weighted by Crippen LogP contribution is 2.26. The van der Waals surface area contributed by atoms with E-state index < -0.39 is 67.4 Å². The number of amides is 1. The second kappa shape index (κ2) is 51.6. The van der Waals surface area contributed by atoms with Crippen LogP contribution >= 0.6 is 0 Å². The van der Waals surface area contributed by atoms with Crippen LogP contribution in [0.2, 0.25) is 0 Å². The number of allylic oxidation sites excluding steroid dienone is 13. The molecule has 1 rings (SSSR count). The maximum absolute atomic E-state index is 13.4. The van der Waals surface area contributed by atoms with Crippen LogP contribution in [-0.2, 0) is 23.8 Å². The number of esters is 1. The molecule has 75 heavy (non-hydrogen) atoms. The Kier molecular flexibility index (Phi) is 48.0. The molecule has 0 saturated carbocycles. The van der Waals surface area contributed by atoms with Crippen molar-refractivity contribution in [3.05, 3.63) is 85.1 Å². The quantitative estimate of drug-likeness (QED) is 0.0195. The molecule has 0 spiro atoms. The monoisotopic (exact) mass is 1050 g/mol. The molecule has 1 aliphatic rings. The van der Waals surface area contributed by atoms with Gasteiger partial charge in [-0.05, 0) is 96.3 Å². The van der Waals surface area contributed by atoms with Crippen molar-refractivity contribution in [2.24, 2.45) is 0 Å². The summed E-state index contributed by atoms with van der Waals surface area (Å²) in [5, 5.41) is 56.9. The molecule has 0 aromatic rings. The molecule has 0 aromatic heterocycles. The summed E-state index contributed by atoms with van der Waals surface area (Å²) in [6.45, 7) is 5.63. The van der Waals surface area contributed by atoms with Gasteiger partial charge in [-0.3, -0.25) is 9.59 Å². The van der Waals surface area contributed by atoms with Crippen LogP contribution in [0.5, 0.6) is 0 Å². The summed E-state index contributed by atoms with van der Waals surface area (Å²) < 4.78 is 17.6. The van der Waals surface area contributed by atoms with Crippen LogP contribution < -0.4 is 5.32 Å². The smallest absolute Gasteiger partial charge is 0.306 e. The number of carbonyl (C=O) groups is 2. The number of aliphatic hydroxyl groups excluding tert-OH is 5. The molecule has 0 aliphatic carbocycles. The molecular formula is C64H111NO10. The Bertz CT molecular complexity index is 1540. The van der Waals surface area contributed by atoms with Crippen LogP contribution in [0, 0.1) is 0 Å². The first-order valence-corrected chi connectivity index (χ1v) is 30.4. The number of unbranched alkanes of at least 4 members (excludes halogenated alkanes) is 24. The average molecular weight is 1050 g/mol. The normalized spacial score (nSPS) is 19.8. The summed E-state index contributed by atoms with van der Waals surface area (Å²) in [4.78, 5) is 26.5. The number of hydrogen-bond donors (Lipinski definition) is 6. The molecule has 1 saturated heterocycles. The molecule has 11 nitrogen and oxygen atoms in total. The highest BCUT2D eigenvalue weighted by Gasteiger charge is 2.47. The molecule has 11 heteroatoms. The first-order valence-electron chi connectivity index (χ1n) is 30.4. The zero-order chi connectivity index (χ0) is 54.7. The van der Waals surface area contributed by atoms with Gasteiger partial charge in [-0.2, -0.15) is 0 Å². The van der Waals surface area contributed by atoms with Crippen LogP contribution in [0.15, 0.2) is 85.1 Å². The Labute approximate surface area is 457 Å². The van der Waals surface area contributed by atoms with Crippen LogP contribution in [0.3, 0.4) is 0 Å². The molecular weight excluding hydrogens is 943 g/mol. The Hall–Kier alpha value is -3.16. The lowest BCUT2D eigenvalue weighted by molar-refractivity contribution is -0.305. The summed E-state index contributed by atoms with van der Waals surface area (Å²) >= 11 is 0. The van der Waals surface area contributed by atoms with Crippen molar-refractivity contribution in [3.8, 4) is 0 Å². The lowest BCUT2D eigenvalue weighted by Gasteiger charge is -2.41. The number of aliphatic hydroxyl groups is 5. The number of carbonyl (C=O) groups excluding carboxylic acids is 2. The fourth-order valence-electron chi connectivity index (χ4n) is 8.97. The highest BCUT2D eigenvalue weighted by atomic mass is 16.7. The van der Waals surface area contributed by atoms with Gasteiger partial charge in [0.25, 0.3) is 0 Å². The Morgan fingerprint density at radius 2 is 0.960 bits per heavy atom. The Morgan fingerprint density at radius 3 is 1.47 bits per heavy atom. The van der Waals surface area contributed by atoms with Gasteiger partial charge in [0, 0.05) is 6.42 Å². The van der Waals surface area contributed by atoms with Gasteiger partial charge in [0.05, 0.1) is 25.4 Å². The Balaban J connectivity index is 2.75. The van der Waals surface area contributed by atoms with Crippen molar-refractivity contribution < 1.29 is 49.3 Å². The second-order valence-electron chi connectivity index (χ2n) is 20.7. The third-order valence-corrected chi connectivity index (χ3v) is 13.8. The van der Waals surface area contributed by atoms with E-state index in [9.17, 15) is 35.1 Å². The molecule has 1 heterocycles. The lowest BCUT2D eigenvalue weighted by Crippen LogP contribution is -2.61. The Morgan fingerprint density at radius 1 is 0.533 bits per heavy atom. The SMILES string of the molecule is CC/C=C\C/C=C\C/C=C\C/C=C\C/C=C\CCCCC(O)C(=O)NC(COC1OC(CO)C(O)C(O)C1OC(=O)CCCCCCCCC/C=C\CCCCCC)C(O)/C=C/CCCCCCCCCCCCC. The van der Waals surface area contributed by atoms with E-state index in [0.29, 0.717) is 12.8 Å². The zero-order valence-corrected chi connectivity index (χ0v) is 47.6. The minimum absolute atomic E-state index is 0.111. The highest BCUT2D eigenvalue weighted by molar-refractivity contribution is 5.80. The predicted molar refractivity (Wildman–Crippen MR) is 310 cm³/mol. The van der Waals surface area contributed by atoms with Gasteiger partial charge in [-0.25, -0.2) is 0 Å². The number of hydrogen-bond acceptors (Lipinski definition) is 10. The third kappa shape index (κ3) is 39.8. The molecule has 432 valence electrons. The van der Waals surface area contributed by atoms with Crippen molar-refractivity contribution in [2.45, 2.75) is 294 Å². The van der Waals surface area contributed by atoms with Crippen molar-refractivity contribution in [1.82, 2.24) is 5.32 Å². The van der Waals surface area contributed by atoms with Gasteiger partial charge in [-0.1, -0.05) is 228 Å². The predicted octanol–water partition coefficient (Wildman–Crippen LogP) is 14.2. The molecule has 0 bridgehead atoms. The molecule has 1 amide bonds. The van der Waals surface area contributed by atoms with Crippen molar-refractivity contribution >= 4 is 11.9 Å². The van der Waals surface area contributed by atoms with E-state index in [1.807, 2.05) is 6.08 Å². The second-order valence-corrected chi connectivity index (χ2v) is 20.7. The molecule has 8 unspecified atom stereocenters. The molecule has 8 atom stereocenters. The molecule has 6 N–H and O–H groups in total. The van der Waals surface area contributed by atoms with E-state index in [1.165, 1.54) is 103 Å². The van der Waals surface area contributed by atoms with E-state index in [2.05, 4.69) is 99.0 Å². The van der Waals surface area contributed by atoms with Crippen LogP contribution in [-0.4, -0.2) is 99.6 Å². The van der Waals surface area contributed by atoms with Gasteiger partial charge >= 0.3 is 5.97 Å². The van der Waals surface area contributed by atoms with Crippen molar-refractivity contribution in [2.75, 3.05) is 13.2 Å². The standard InChI is InChI=1S/C64H111NO10/c1-4-7-10-13-16-19-22-25-27-28-29-31-33-36-39-42-45-48-51-57(68)63(72)65-55(56(67)50-47-44-41-38-35-32-24-21-18-15-12-9-6-3)54-73-64-62(61(71)60(70)58(53-66)74-64)75-59(69)52-49-46-43-40-37-34-30-26-23-20-17-14-11-8-5-2/h7,10,16,19-20,23,25,27,29,31,36,39,47,50,55-58,60-62,64,66-68,70-71H,4-6,8-9,11-15,17-18,21-22,24,26,28,30,32-35,37-38,40-46,48-49,51-54H2,1-3H3,(H,65,72)/b10-7-,19-16-,23-20-,27-25-,31-29-,39-36-,50-47+. The van der Waals surface area contributed by atoms with Crippen LogP contribution in [0.25, 0.3) is 0 Å². The topological polar surface area (TPSA) is 175 Å². The first kappa shape index (κ1) is 69.9. The van der Waals surface area contributed by atoms with Gasteiger partial charge in [-0.15, -0.1) is 0 Å². The average Bonchev–Trinajstić information content (AvgIpc) is 3.41. The van der Waals surface area contributed by atoms with E-state index >= 15 is 0 Å². The fraction of sp³-hybridized carbons (Fsp3) is 0.750. The van der Waals surface area contributed by atoms with Crippen LogP contribution in [0.4, 0.5) is 0 Å². The molecule has 1 fully saturated rings. The van der Waals surface area contributed by atoms with Crippen LogP contribution in [0.1, 0.15) is 245 Å². The third-order valence-electron chi connectivity index (χ3n) is 13.8. The van der Waals surface area contributed by atoms with Gasteiger partial charge in [0.15, 0.2) is 12.4 Å². The van der Waals surface area contributed by atoms with E-state index in [-0.39, 0.29) is 19.4 Å². The molecule has 1 aliphatic heterocycles. The summed E-state index contributed by atoms with van der Waals surface area (Å²) in [5.74, 6) is -1.24. The largest absolute Gasteiger partial charge is 0.454 e. The molecule has 0 aromatic carbocycles. The fourth-order valence-corrected chi connectivity index (χ4v) is 8.97. The van der Waals surface area contributed by atoms with E-state index in [1.54, 1.807) is 6.08 Å². The zero-order valence-electron chi connectivity index (χ0n) is 47.6. The van der Waals surface area contributed by atoms with Crippen molar-refractivity contribution in [1.29, 1.82) is 0 Å². The van der Waals surface area contributed by atoms with Gasteiger partial charge in [0.1, 0.15) is 24.4 Å².